The zero-order chi connectivity index (χ0) is 18.5. The highest BCUT2D eigenvalue weighted by molar-refractivity contribution is 6.15. The summed E-state index contributed by atoms with van der Waals surface area (Å²) in [5, 5.41) is 6.65. The number of anilines is 2. The van der Waals surface area contributed by atoms with Gasteiger partial charge in [0.1, 0.15) is 23.7 Å². The lowest BCUT2D eigenvalue weighted by molar-refractivity contribution is 0.102. The lowest BCUT2D eigenvalue weighted by Crippen LogP contribution is -2.18. The molecule has 0 atom stereocenters. The number of carbonyl (C=O) groups excluding carboxylic acids is 1. The van der Waals surface area contributed by atoms with E-state index in [4.69, 9.17) is 4.42 Å². The highest BCUT2D eigenvalue weighted by Gasteiger charge is 2.38. The van der Waals surface area contributed by atoms with Crippen LogP contribution in [0, 0.1) is 19.7 Å². The van der Waals surface area contributed by atoms with E-state index in [1.165, 1.54) is 12.4 Å². The third-order valence-electron chi connectivity index (χ3n) is 4.74. The highest BCUT2D eigenvalue weighted by atomic mass is 19.1. The Labute approximate surface area is 149 Å². The Balaban J connectivity index is 1.73. The van der Waals surface area contributed by atoms with Crippen LogP contribution in [0.15, 0.2) is 28.9 Å². The molecule has 0 unspecified atom stereocenters. The normalized spacial score (nSPS) is 15.1. The third-order valence-corrected chi connectivity index (χ3v) is 4.74. The molecule has 0 saturated heterocycles. The summed E-state index contributed by atoms with van der Waals surface area (Å²) in [6.45, 7) is 5.47. The lowest BCUT2D eigenvalue weighted by Gasteiger charge is -2.13. The predicted molar refractivity (Wildman–Crippen MR) is 96.9 cm³/mol. The van der Waals surface area contributed by atoms with Gasteiger partial charge in [0.15, 0.2) is 0 Å². The van der Waals surface area contributed by atoms with Gasteiger partial charge in [0.25, 0.3) is 5.91 Å². The van der Waals surface area contributed by atoms with Gasteiger partial charge in [-0.15, -0.1) is 0 Å². The topological polar surface area (TPSA) is 80.1 Å². The van der Waals surface area contributed by atoms with Crippen LogP contribution in [0.3, 0.4) is 0 Å². The van der Waals surface area contributed by atoms with Gasteiger partial charge in [0.2, 0.25) is 5.71 Å². The number of carbonyl (C=O) groups is 1. The Hall–Kier alpha value is -2.96. The molecule has 0 aliphatic heterocycles. The minimum atomic E-state index is -0.386. The molecule has 0 bridgehead atoms. The van der Waals surface area contributed by atoms with Crippen LogP contribution in [0.25, 0.3) is 11.1 Å². The van der Waals surface area contributed by atoms with Crippen molar-refractivity contribution >= 4 is 28.5 Å². The SMILES string of the molecule is Cc1ccc(NC(=O)c2c(C)oc3ncnc(NC4(C)CC4)c23)cc1F. The number of hydrogen-bond donors (Lipinski definition) is 2. The summed E-state index contributed by atoms with van der Waals surface area (Å²) in [5.74, 6) is 0.258. The number of amides is 1. The second-order valence-corrected chi connectivity index (χ2v) is 7.04. The summed E-state index contributed by atoms with van der Waals surface area (Å²) in [4.78, 5) is 21.3. The van der Waals surface area contributed by atoms with Crippen LogP contribution in [0.5, 0.6) is 0 Å². The molecule has 1 fully saturated rings. The van der Waals surface area contributed by atoms with E-state index in [1.807, 2.05) is 0 Å². The number of hydrogen-bond acceptors (Lipinski definition) is 5. The molecule has 1 aliphatic carbocycles. The van der Waals surface area contributed by atoms with Gasteiger partial charge in [-0.3, -0.25) is 4.79 Å². The molecular formula is C19H19FN4O2. The molecule has 0 radical (unpaired) electrons. The first-order chi connectivity index (χ1) is 12.4. The predicted octanol–water partition coefficient (Wildman–Crippen LogP) is 4.20. The fourth-order valence-corrected chi connectivity index (χ4v) is 2.87. The van der Waals surface area contributed by atoms with Crippen LogP contribution >= 0.6 is 0 Å². The number of nitrogens with zero attached hydrogens (tertiary/aromatic N) is 2. The van der Waals surface area contributed by atoms with Crippen LogP contribution in [0.2, 0.25) is 0 Å². The molecule has 1 aromatic carbocycles. The van der Waals surface area contributed by atoms with Crippen molar-refractivity contribution in [1.82, 2.24) is 9.97 Å². The van der Waals surface area contributed by atoms with Crippen molar-refractivity contribution < 1.29 is 13.6 Å². The first-order valence-corrected chi connectivity index (χ1v) is 8.46. The largest absolute Gasteiger partial charge is 0.442 e. The maximum Gasteiger partial charge on any atom is 0.260 e. The van der Waals surface area contributed by atoms with E-state index in [0.29, 0.717) is 39.5 Å². The van der Waals surface area contributed by atoms with Gasteiger partial charge in [-0.2, -0.15) is 0 Å². The molecule has 1 amide bonds. The summed E-state index contributed by atoms with van der Waals surface area (Å²) in [6.07, 6.45) is 3.50. The molecule has 2 heterocycles. The number of halogens is 1. The fourth-order valence-electron chi connectivity index (χ4n) is 2.87. The Bertz CT molecular complexity index is 1020. The quantitative estimate of drug-likeness (QED) is 0.734. The molecule has 1 saturated carbocycles. The Morgan fingerprint density at radius 1 is 1.27 bits per heavy atom. The van der Waals surface area contributed by atoms with Gasteiger partial charge >= 0.3 is 0 Å². The van der Waals surface area contributed by atoms with Crippen LogP contribution in [-0.4, -0.2) is 21.4 Å². The Kier molecular flexibility index (Phi) is 3.68. The minimum absolute atomic E-state index is 0.0136. The molecule has 2 aromatic heterocycles. The van der Waals surface area contributed by atoms with Crippen molar-refractivity contribution in [3.05, 3.63) is 47.2 Å². The fraction of sp³-hybridized carbons (Fsp3) is 0.316. The second kappa shape index (κ2) is 5.79. The van der Waals surface area contributed by atoms with Crippen molar-refractivity contribution in [3.8, 4) is 0 Å². The van der Waals surface area contributed by atoms with Crippen molar-refractivity contribution in [2.45, 2.75) is 39.2 Å². The smallest absolute Gasteiger partial charge is 0.260 e. The van der Waals surface area contributed by atoms with E-state index >= 15 is 0 Å². The molecule has 26 heavy (non-hydrogen) atoms. The van der Waals surface area contributed by atoms with Gasteiger partial charge in [0.05, 0.1) is 10.9 Å². The molecule has 2 N–H and O–H groups in total. The van der Waals surface area contributed by atoms with E-state index in [0.717, 1.165) is 12.8 Å². The molecule has 3 aromatic rings. The number of rotatable bonds is 4. The average Bonchev–Trinajstić information content (AvgIpc) is 3.19. The van der Waals surface area contributed by atoms with E-state index in [2.05, 4.69) is 27.5 Å². The van der Waals surface area contributed by atoms with Crippen molar-refractivity contribution in [2.24, 2.45) is 0 Å². The summed E-state index contributed by atoms with van der Waals surface area (Å²) in [7, 11) is 0. The standard InChI is InChI=1S/C19H19FN4O2/c1-10-4-5-12(8-13(10)20)23-17(25)14-11(2)26-18-15(14)16(21-9-22-18)24-19(3)6-7-19/h4-5,8-9H,6-7H2,1-3H3,(H,23,25)(H,21,22,24). The van der Waals surface area contributed by atoms with Gasteiger partial charge in [-0.1, -0.05) is 6.07 Å². The first-order valence-electron chi connectivity index (χ1n) is 8.46. The number of nitrogens with one attached hydrogen (secondary N) is 2. The van der Waals surface area contributed by atoms with Gasteiger partial charge in [-0.25, -0.2) is 14.4 Å². The van der Waals surface area contributed by atoms with Crippen molar-refractivity contribution in [1.29, 1.82) is 0 Å². The number of aryl methyl sites for hydroxylation is 2. The molecule has 4 rings (SSSR count). The van der Waals surface area contributed by atoms with E-state index < -0.39 is 0 Å². The third kappa shape index (κ3) is 2.89. The van der Waals surface area contributed by atoms with E-state index in [-0.39, 0.29) is 17.3 Å². The summed E-state index contributed by atoms with van der Waals surface area (Å²) < 4.78 is 19.4. The number of aromatic nitrogens is 2. The van der Waals surface area contributed by atoms with Crippen molar-refractivity contribution in [3.63, 3.8) is 0 Å². The van der Waals surface area contributed by atoms with Gasteiger partial charge < -0.3 is 15.1 Å². The second-order valence-electron chi connectivity index (χ2n) is 7.04. The van der Waals surface area contributed by atoms with Gasteiger partial charge in [-0.05, 0) is 51.3 Å². The average molecular weight is 354 g/mol. The molecular weight excluding hydrogens is 335 g/mol. The number of furan rings is 1. The Morgan fingerprint density at radius 3 is 2.73 bits per heavy atom. The molecule has 7 heteroatoms. The van der Waals surface area contributed by atoms with Crippen LogP contribution in [-0.2, 0) is 0 Å². The highest BCUT2D eigenvalue weighted by Crippen LogP contribution is 2.40. The molecule has 0 spiro atoms. The summed E-state index contributed by atoms with van der Waals surface area (Å²) >= 11 is 0. The minimum Gasteiger partial charge on any atom is -0.442 e. The van der Waals surface area contributed by atoms with E-state index in [9.17, 15) is 9.18 Å². The lowest BCUT2D eigenvalue weighted by atomic mass is 10.1. The van der Waals surface area contributed by atoms with Crippen LogP contribution < -0.4 is 10.6 Å². The first kappa shape index (κ1) is 16.5. The molecule has 134 valence electrons. The summed E-state index contributed by atoms with van der Waals surface area (Å²) in [6, 6.07) is 4.58. The summed E-state index contributed by atoms with van der Waals surface area (Å²) in [5.41, 5.74) is 1.59. The molecule has 1 aliphatic rings. The van der Waals surface area contributed by atoms with Gasteiger partial charge in [0, 0.05) is 11.2 Å². The maximum absolute atomic E-state index is 13.8. The molecule has 6 nitrogen and oxygen atoms in total. The van der Waals surface area contributed by atoms with Crippen LogP contribution in [0.4, 0.5) is 15.9 Å². The maximum atomic E-state index is 13.8. The van der Waals surface area contributed by atoms with Crippen LogP contribution in [0.1, 0.15) is 41.4 Å². The number of benzene rings is 1. The van der Waals surface area contributed by atoms with Crippen molar-refractivity contribution in [2.75, 3.05) is 10.6 Å². The Morgan fingerprint density at radius 2 is 2.04 bits per heavy atom. The zero-order valence-electron chi connectivity index (χ0n) is 14.8. The number of fused-ring (bicyclic) bond motifs is 1. The van der Waals surface area contributed by atoms with E-state index in [1.54, 1.807) is 26.0 Å². The monoisotopic (exact) mass is 354 g/mol. The zero-order valence-corrected chi connectivity index (χ0v) is 14.8.